The Kier molecular flexibility index (Phi) is 6.62. The van der Waals surface area contributed by atoms with E-state index in [-0.39, 0.29) is 16.2 Å². The fourth-order valence-electron chi connectivity index (χ4n) is 3.04. The van der Waals surface area contributed by atoms with Gasteiger partial charge in [-0.15, -0.1) is 6.58 Å². The summed E-state index contributed by atoms with van der Waals surface area (Å²) in [6.07, 6.45) is 5.19. The Bertz CT molecular complexity index is 549. The zero-order valence-electron chi connectivity index (χ0n) is 16.8. The van der Waals surface area contributed by atoms with E-state index in [1.165, 1.54) is 5.57 Å². The normalized spacial score (nSPS) is 22.7. The van der Waals surface area contributed by atoms with Gasteiger partial charge in [-0.3, -0.25) is 4.79 Å². The zero-order chi connectivity index (χ0) is 18.8. The van der Waals surface area contributed by atoms with Crippen molar-refractivity contribution in [2.75, 3.05) is 6.61 Å². The maximum atomic E-state index is 12.2. The Hall–Kier alpha value is -0.933. The van der Waals surface area contributed by atoms with Crippen LogP contribution in [0.25, 0.3) is 0 Å². The number of ketones is 1. The van der Waals surface area contributed by atoms with Gasteiger partial charge >= 0.3 is 0 Å². The largest absolute Gasteiger partial charge is 0.413 e. The Morgan fingerprint density at radius 1 is 1.38 bits per heavy atom. The quantitative estimate of drug-likeness (QED) is 0.403. The van der Waals surface area contributed by atoms with Gasteiger partial charge in [-0.25, -0.2) is 0 Å². The van der Waals surface area contributed by atoms with E-state index in [2.05, 4.69) is 53.9 Å². The van der Waals surface area contributed by atoms with E-state index in [1.807, 2.05) is 13.0 Å². The van der Waals surface area contributed by atoms with Crippen molar-refractivity contribution in [2.45, 2.75) is 78.4 Å². The van der Waals surface area contributed by atoms with Gasteiger partial charge < -0.3 is 4.43 Å². The lowest BCUT2D eigenvalue weighted by Gasteiger charge is -2.38. The number of rotatable bonds is 7. The van der Waals surface area contributed by atoms with Crippen molar-refractivity contribution in [3.05, 3.63) is 36.0 Å². The molecular formula is C21H36O2Si. The molecule has 0 bridgehead atoms. The third-order valence-corrected chi connectivity index (χ3v) is 10.4. The maximum Gasteiger partial charge on any atom is 0.192 e. The first kappa shape index (κ1) is 21.1. The van der Waals surface area contributed by atoms with E-state index in [9.17, 15) is 4.79 Å². The second-order valence-electron chi connectivity index (χ2n) is 9.06. The molecule has 1 atom stereocenters. The standard InChI is InChI=1S/C21H36O2Si/c1-10-12-21(7)13-11-19(22)17(3)18(21)14-16(2)15-23-24(8,9)20(4,5)6/h10H,1-2,11-15H2,3-9H3/t21-/m0/s1. The number of carbonyl (C=O) groups is 1. The molecule has 3 heteroatoms. The summed E-state index contributed by atoms with van der Waals surface area (Å²) < 4.78 is 6.30. The summed E-state index contributed by atoms with van der Waals surface area (Å²) in [4.78, 5) is 12.2. The van der Waals surface area contributed by atoms with Gasteiger partial charge in [-0.05, 0) is 60.9 Å². The first-order valence-corrected chi connectivity index (χ1v) is 11.9. The van der Waals surface area contributed by atoms with Gasteiger partial charge in [0.05, 0.1) is 6.61 Å². The van der Waals surface area contributed by atoms with Crippen LogP contribution < -0.4 is 0 Å². The van der Waals surface area contributed by atoms with E-state index in [0.717, 1.165) is 30.4 Å². The van der Waals surface area contributed by atoms with Crippen molar-refractivity contribution < 1.29 is 9.22 Å². The predicted molar refractivity (Wildman–Crippen MR) is 107 cm³/mol. The van der Waals surface area contributed by atoms with Gasteiger partial charge in [0, 0.05) is 6.42 Å². The Labute approximate surface area is 150 Å². The minimum Gasteiger partial charge on any atom is -0.413 e. The van der Waals surface area contributed by atoms with Crippen LogP contribution in [0.1, 0.15) is 60.3 Å². The van der Waals surface area contributed by atoms with E-state index < -0.39 is 8.32 Å². The fraction of sp³-hybridized carbons (Fsp3) is 0.667. The average Bonchev–Trinajstić information content (AvgIpc) is 2.45. The summed E-state index contributed by atoms with van der Waals surface area (Å²) in [6, 6.07) is 0. The number of allylic oxidation sites excluding steroid dienone is 3. The summed E-state index contributed by atoms with van der Waals surface area (Å²) in [5.74, 6) is 0.282. The molecular weight excluding hydrogens is 312 g/mol. The van der Waals surface area contributed by atoms with Gasteiger partial charge in [-0.2, -0.15) is 0 Å². The molecule has 0 unspecified atom stereocenters. The highest BCUT2D eigenvalue weighted by Gasteiger charge is 2.38. The van der Waals surface area contributed by atoms with E-state index in [4.69, 9.17) is 4.43 Å². The van der Waals surface area contributed by atoms with Gasteiger partial charge in [0.15, 0.2) is 14.1 Å². The third-order valence-electron chi connectivity index (χ3n) is 5.97. The highest BCUT2D eigenvalue weighted by Crippen LogP contribution is 2.45. The molecule has 1 aliphatic carbocycles. The first-order valence-electron chi connectivity index (χ1n) is 8.99. The van der Waals surface area contributed by atoms with Crippen molar-refractivity contribution in [3.63, 3.8) is 0 Å². The topological polar surface area (TPSA) is 26.3 Å². The molecule has 0 aliphatic heterocycles. The molecule has 0 saturated heterocycles. The van der Waals surface area contributed by atoms with Crippen molar-refractivity contribution in [1.29, 1.82) is 0 Å². The van der Waals surface area contributed by atoms with E-state index >= 15 is 0 Å². The summed E-state index contributed by atoms with van der Waals surface area (Å²) in [6.45, 7) is 24.2. The van der Waals surface area contributed by atoms with Gasteiger partial charge in [0.25, 0.3) is 0 Å². The van der Waals surface area contributed by atoms with Crippen molar-refractivity contribution >= 4 is 14.1 Å². The highest BCUT2D eigenvalue weighted by atomic mass is 28.4. The SMILES string of the molecule is C=CC[C@@]1(C)CCC(=O)C(C)=C1CC(=C)CO[Si](C)(C)C(C)(C)C. The van der Waals surface area contributed by atoms with Gasteiger partial charge in [0.1, 0.15) is 0 Å². The molecule has 0 heterocycles. The lowest BCUT2D eigenvalue weighted by atomic mass is 9.67. The Balaban J connectivity index is 2.88. The van der Waals surface area contributed by atoms with Crippen LogP contribution in [0.5, 0.6) is 0 Å². The maximum absolute atomic E-state index is 12.2. The van der Waals surface area contributed by atoms with Crippen LogP contribution >= 0.6 is 0 Å². The second-order valence-corrected chi connectivity index (χ2v) is 13.9. The third kappa shape index (κ3) is 4.79. The van der Waals surface area contributed by atoms with Crippen LogP contribution in [0.15, 0.2) is 36.0 Å². The molecule has 1 rings (SSSR count). The van der Waals surface area contributed by atoms with Crippen LogP contribution in [0, 0.1) is 5.41 Å². The Morgan fingerprint density at radius 3 is 2.46 bits per heavy atom. The summed E-state index contributed by atoms with van der Waals surface area (Å²) >= 11 is 0. The van der Waals surface area contributed by atoms with Crippen LogP contribution in [0.2, 0.25) is 18.1 Å². The molecule has 1 aliphatic rings. The number of hydrogen-bond acceptors (Lipinski definition) is 2. The molecule has 2 nitrogen and oxygen atoms in total. The summed E-state index contributed by atoms with van der Waals surface area (Å²) in [5, 5.41) is 0.195. The average molecular weight is 349 g/mol. The van der Waals surface area contributed by atoms with Crippen LogP contribution in [-0.2, 0) is 9.22 Å². The lowest BCUT2D eigenvalue weighted by Crippen LogP contribution is -2.41. The fourth-order valence-corrected chi connectivity index (χ4v) is 4.04. The van der Waals surface area contributed by atoms with Crippen LogP contribution in [-0.4, -0.2) is 20.7 Å². The highest BCUT2D eigenvalue weighted by molar-refractivity contribution is 6.74. The molecule has 0 amide bonds. The van der Waals surface area contributed by atoms with Crippen molar-refractivity contribution in [1.82, 2.24) is 0 Å². The van der Waals surface area contributed by atoms with Crippen LogP contribution in [0.4, 0.5) is 0 Å². The van der Waals surface area contributed by atoms with E-state index in [0.29, 0.717) is 13.0 Å². The molecule has 0 aromatic carbocycles. The van der Waals surface area contributed by atoms with Crippen molar-refractivity contribution in [2.24, 2.45) is 5.41 Å². The predicted octanol–water partition coefficient (Wildman–Crippen LogP) is 6.22. The van der Waals surface area contributed by atoms with Gasteiger partial charge in [-0.1, -0.05) is 45.9 Å². The summed E-state index contributed by atoms with van der Waals surface area (Å²) in [7, 11) is -1.77. The number of carbonyl (C=O) groups excluding carboxylic acids is 1. The van der Waals surface area contributed by atoms with Crippen LogP contribution in [0.3, 0.4) is 0 Å². The molecule has 0 fully saturated rings. The first-order chi connectivity index (χ1) is 10.8. The minimum absolute atomic E-state index is 0.0274. The second kappa shape index (κ2) is 7.53. The Morgan fingerprint density at radius 2 is 1.96 bits per heavy atom. The molecule has 136 valence electrons. The van der Waals surface area contributed by atoms with Gasteiger partial charge in [0.2, 0.25) is 0 Å². The molecule has 0 aromatic heterocycles. The number of Topliss-reactive ketones (excluding diaryl/α,β-unsaturated/α-hetero) is 1. The van der Waals surface area contributed by atoms with Crippen molar-refractivity contribution in [3.8, 4) is 0 Å². The molecule has 0 radical (unpaired) electrons. The van der Waals surface area contributed by atoms with E-state index in [1.54, 1.807) is 0 Å². The lowest BCUT2D eigenvalue weighted by molar-refractivity contribution is -0.116. The monoisotopic (exact) mass is 348 g/mol. The molecule has 24 heavy (non-hydrogen) atoms. The smallest absolute Gasteiger partial charge is 0.192 e. The molecule has 0 spiro atoms. The molecule has 0 saturated carbocycles. The minimum atomic E-state index is -1.77. The molecule has 0 aromatic rings. The molecule has 0 N–H and O–H groups in total. The zero-order valence-corrected chi connectivity index (χ0v) is 17.8. The summed E-state index contributed by atoms with van der Waals surface area (Å²) in [5.41, 5.74) is 3.26. The number of hydrogen-bond donors (Lipinski definition) is 0.